The van der Waals surface area contributed by atoms with Crippen molar-refractivity contribution in [1.29, 1.82) is 5.26 Å². The highest BCUT2D eigenvalue weighted by Gasteiger charge is 2.23. The molecule has 166 valence electrons. The predicted molar refractivity (Wildman–Crippen MR) is 122 cm³/mol. The number of hydrogen-bond donors (Lipinski definition) is 1. The van der Waals surface area contributed by atoms with Crippen LogP contribution in [-0.4, -0.2) is 45.9 Å². The number of amides is 3. The summed E-state index contributed by atoms with van der Waals surface area (Å²) in [6.07, 6.45) is 3.86. The number of aryl methyl sites for hydroxylation is 1. The van der Waals surface area contributed by atoms with Crippen molar-refractivity contribution in [2.24, 2.45) is 13.0 Å². The third-order valence-electron chi connectivity index (χ3n) is 4.98. The van der Waals surface area contributed by atoms with Crippen molar-refractivity contribution in [2.75, 3.05) is 25.0 Å². The summed E-state index contributed by atoms with van der Waals surface area (Å²) in [6.45, 7) is 7.77. The lowest BCUT2D eigenvalue weighted by Crippen LogP contribution is -2.46. The van der Waals surface area contributed by atoms with Crippen LogP contribution in [0.2, 0.25) is 0 Å². The molecule has 0 unspecified atom stereocenters. The van der Waals surface area contributed by atoms with Crippen LogP contribution in [0.4, 0.5) is 10.5 Å². The van der Waals surface area contributed by atoms with Gasteiger partial charge in [-0.2, -0.15) is 5.26 Å². The van der Waals surface area contributed by atoms with E-state index in [1.807, 2.05) is 48.7 Å². The van der Waals surface area contributed by atoms with E-state index in [-0.39, 0.29) is 24.4 Å². The summed E-state index contributed by atoms with van der Waals surface area (Å²) >= 11 is 0. The smallest absolute Gasteiger partial charge is 0.322 e. The number of carbonyl (C=O) groups is 2. The van der Waals surface area contributed by atoms with E-state index in [1.165, 1.54) is 0 Å². The molecule has 0 aliphatic carbocycles. The Labute approximate surface area is 185 Å². The zero-order valence-corrected chi connectivity index (χ0v) is 19.0. The Morgan fingerprint density at radius 3 is 2.58 bits per heavy atom. The van der Waals surface area contributed by atoms with Crippen molar-refractivity contribution in [3.63, 3.8) is 0 Å². The number of aromatic nitrogens is 1. The first-order valence-corrected chi connectivity index (χ1v) is 10.8. The van der Waals surface area contributed by atoms with Gasteiger partial charge in [-0.05, 0) is 42.7 Å². The van der Waals surface area contributed by atoms with Gasteiger partial charge in [-0.3, -0.25) is 4.79 Å². The lowest BCUT2D eigenvalue weighted by molar-refractivity contribution is -0.132. The van der Waals surface area contributed by atoms with Gasteiger partial charge < -0.3 is 19.7 Å². The molecule has 2 rings (SSSR count). The number of nitrogens with zero attached hydrogens (tertiary/aromatic N) is 4. The highest BCUT2D eigenvalue weighted by atomic mass is 16.2. The van der Waals surface area contributed by atoms with E-state index in [0.29, 0.717) is 30.9 Å². The zero-order chi connectivity index (χ0) is 22.8. The lowest BCUT2D eigenvalue weighted by Gasteiger charge is -2.29. The fourth-order valence-corrected chi connectivity index (χ4v) is 3.29. The van der Waals surface area contributed by atoms with Crippen LogP contribution in [0.25, 0.3) is 0 Å². The summed E-state index contributed by atoms with van der Waals surface area (Å²) in [4.78, 5) is 29.5. The summed E-state index contributed by atoms with van der Waals surface area (Å²) in [6, 6.07) is 12.5. The summed E-state index contributed by atoms with van der Waals surface area (Å²) in [7, 11) is 1.96. The summed E-state index contributed by atoms with van der Waals surface area (Å²) in [5.41, 5.74) is 2.06. The van der Waals surface area contributed by atoms with Crippen molar-refractivity contribution < 1.29 is 9.59 Å². The van der Waals surface area contributed by atoms with Crippen molar-refractivity contribution in [2.45, 2.75) is 40.2 Å². The molecule has 1 N–H and O–H groups in total. The second kappa shape index (κ2) is 11.8. The molecule has 2 aromatic rings. The van der Waals surface area contributed by atoms with Gasteiger partial charge in [-0.15, -0.1) is 0 Å². The van der Waals surface area contributed by atoms with Crippen LogP contribution >= 0.6 is 0 Å². The molecule has 0 saturated heterocycles. The van der Waals surface area contributed by atoms with Crippen molar-refractivity contribution >= 4 is 17.6 Å². The quantitative estimate of drug-likeness (QED) is 0.621. The molecule has 7 nitrogen and oxygen atoms in total. The predicted octanol–water partition coefficient (Wildman–Crippen LogP) is 4.22. The highest BCUT2D eigenvalue weighted by Crippen LogP contribution is 2.13. The summed E-state index contributed by atoms with van der Waals surface area (Å²) in [5.74, 6) is 0.136. The molecular formula is C24H33N5O2. The molecule has 0 radical (unpaired) electrons. The molecule has 3 amide bonds. The zero-order valence-electron chi connectivity index (χ0n) is 19.0. The van der Waals surface area contributed by atoms with E-state index in [2.05, 4.69) is 18.3 Å². The lowest BCUT2D eigenvalue weighted by atomic mass is 10.2. The standard InChI is InChI=1S/C24H33N5O2/c1-5-6-13-28(17-22-11-8-12-27(22)4)23(30)18-29(16-19(2)3)24(31)26-21-10-7-9-20(14-21)15-25/h7-12,14,19H,5-6,13,16-18H2,1-4H3,(H,26,31). The molecule has 7 heteroatoms. The average Bonchev–Trinajstić information content (AvgIpc) is 3.14. The van der Waals surface area contributed by atoms with Gasteiger partial charge in [-0.25, -0.2) is 4.79 Å². The topological polar surface area (TPSA) is 81.4 Å². The van der Waals surface area contributed by atoms with Crippen LogP contribution < -0.4 is 5.32 Å². The number of nitrogens with one attached hydrogen (secondary N) is 1. The Morgan fingerprint density at radius 1 is 1.19 bits per heavy atom. The number of hydrogen-bond acceptors (Lipinski definition) is 3. The van der Waals surface area contributed by atoms with Gasteiger partial charge in [0.05, 0.1) is 18.2 Å². The largest absolute Gasteiger partial charge is 0.353 e. The normalized spacial score (nSPS) is 10.6. The second-order valence-corrected chi connectivity index (χ2v) is 8.18. The third kappa shape index (κ3) is 7.49. The molecular weight excluding hydrogens is 390 g/mol. The Bertz CT molecular complexity index is 913. The molecule has 0 bridgehead atoms. The molecule has 0 aliphatic heterocycles. The summed E-state index contributed by atoms with van der Waals surface area (Å²) < 4.78 is 2.01. The van der Waals surface area contributed by atoms with Crippen molar-refractivity contribution in [3.8, 4) is 6.07 Å². The van der Waals surface area contributed by atoms with E-state index in [0.717, 1.165) is 18.5 Å². The number of nitriles is 1. The first kappa shape index (κ1) is 24.0. The third-order valence-corrected chi connectivity index (χ3v) is 4.98. The average molecular weight is 424 g/mol. The van der Waals surface area contributed by atoms with E-state index in [4.69, 9.17) is 5.26 Å². The minimum atomic E-state index is -0.341. The maximum atomic E-state index is 13.2. The van der Waals surface area contributed by atoms with Gasteiger partial charge in [-0.1, -0.05) is 33.3 Å². The summed E-state index contributed by atoms with van der Waals surface area (Å²) in [5, 5.41) is 11.9. The van der Waals surface area contributed by atoms with Crippen molar-refractivity contribution in [1.82, 2.24) is 14.4 Å². The van der Waals surface area contributed by atoms with Gasteiger partial charge >= 0.3 is 6.03 Å². The van der Waals surface area contributed by atoms with Gasteiger partial charge in [0.25, 0.3) is 0 Å². The minimum absolute atomic E-state index is 0.0100. The number of urea groups is 1. The van der Waals surface area contributed by atoms with Gasteiger partial charge in [0.2, 0.25) is 5.91 Å². The minimum Gasteiger partial charge on any atom is -0.353 e. The number of rotatable bonds is 10. The maximum Gasteiger partial charge on any atom is 0.322 e. The highest BCUT2D eigenvalue weighted by molar-refractivity contribution is 5.92. The number of unbranched alkanes of at least 4 members (excludes halogenated alkanes) is 1. The van der Waals surface area contributed by atoms with Crippen LogP contribution in [0.1, 0.15) is 44.9 Å². The molecule has 1 heterocycles. The first-order chi connectivity index (χ1) is 14.8. The maximum absolute atomic E-state index is 13.2. The molecule has 1 aromatic carbocycles. The second-order valence-electron chi connectivity index (χ2n) is 8.18. The Balaban J connectivity index is 2.13. The van der Waals surface area contributed by atoms with Gasteiger partial charge in [0.15, 0.2) is 0 Å². The van der Waals surface area contributed by atoms with Crippen LogP contribution in [0.5, 0.6) is 0 Å². The molecule has 0 fully saturated rings. The SMILES string of the molecule is CCCCN(Cc1cccn1C)C(=O)CN(CC(C)C)C(=O)Nc1cccc(C#N)c1. The fourth-order valence-electron chi connectivity index (χ4n) is 3.29. The number of anilines is 1. The first-order valence-electron chi connectivity index (χ1n) is 10.8. The Hall–Kier alpha value is -3.27. The van der Waals surface area contributed by atoms with E-state index < -0.39 is 0 Å². The van der Waals surface area contributed by atoms with E-state index >= 15 is 0 Å². The fraction of sp³-hybridized carbons (Fsp3) is 0.458. The van der Waals surface area contributed by atoms with Gasteiger partial charge in [0.1, 0.15) is 6.54 Å². The molecule has 0 aliphatic rings. The van der Waals surface area contributed by atoms with Crippen LogP contribution in [-0.2, 0) is 18.4 Å². The van der Waals surface area contributed by atoms with E-state index in [9.17, 15) is 9.59 Å². The molecule has 0 spiro atoms. The molecule has 31 heavy (non-hydrogen) atoms. The monoisotopic (exact) mass is 423 g/mol. The van der Waals surface area contributed by atoms with Crippen LogP contribution in [0, 0.1) is 17.2 Å². The molecule has 0 atom stereocenters. The number of carbonyl (C=O) groups excluding carboxylic acids is 2. The van der Waals surface area contributed by atoms with Crippen LogP contribution in [0.3, 0.4) is 0 Å². The van der Waals surface area contributed by atoms with Crippen LogP contribution in [0.15, 0.2) is 42.6 Å². The Morgan fingerprint density at radius 2 is 1.97 bits per heavy atom. The molecule has 0 saturated carbocycles. The molecule has 1 aromatic heterocycles. The Kier molecular flexibility index (Phi) is 9.13. The van der Waals surface area contributed by atoms with Crippen molar-refractivity contribution in [3.05, 3.63) is 53.9 Å². The van der Waals surface area contributed by atoms with Gasteiger partial charge in [0, 0.05) is 37.7 Å². The van der Waals surface area contributed by atoms with E-state index in [1.54, 1.807) is 29.2 Å². The number of benzene rings is 1.